The van der Waals surface area contributed by atoms with Crippen LogP contribution in [0.1, 0.15) is 56.0 Å². The number of ether oxygens (including phenoxy) is 2. The van der Waals surface area contributed by atoms with E-state index in [-0.39, 0.29) is 18.1 Å². The van der Waals surface area contributed by atoms with Gasteiger partial charge in [-0.2, -0.15) is 5.10 Å². The van der Waals surface area contributed by atoms with Gasteiger partial charge in [0.15, 0.2) is 0 Å². The number of methoxy groups -OCH3 is 1. The van der Waals surface area contributed by atoms with Gasteiger partial charge in [0.25, 0.3) is 0 Å². The molecule has 1 aliphatic rings. The van der Waals surface area contributed by atoms with Crippen molar-refractivity contribution in [3.05, 3.63) is 17.0 Å². The van der Waals surface area contributed by atoms with Gasteiger partial charge in [-0.15, -0.1) is 0 Å². The quantitative estimate of drug-likeness (QED) is 0.752. The third-order valence-corrected chi connectivity index (χ3v) is 4.80. The van der Waals surface area contributed by atoms with Crippen LogP contribution in [-0.4, -0.2) is 41.6 Å². The van der Waals surface area contributed by atoms with Crippen molar-refractivity contribution < 1.29 is 14.3 Å². The highest BCUT2D eigenvalue weighted by Crippen LogP contribution is 2.23. The van der Waals surface area contributed by atoms with E-state index in [1.807, 2.05) is 25.5 Å². The Hall–Kier alpha value is -1.40. The molecular weight excluding hydrogens is 306 g/mol. The minimum atomic E-state index is -0.350. The topological polar surface area (TPSA) is 65.4 Å². The fourth-order valence-corrected chi connectivity index (χ4v) is 3.27. The van der Waals surface area contributed by atoms with Gasteiger partial charge in [0.05, 0.1) is 24.9 Å². The molecule has 1 unspecified atom stereocenters. The molecule has 1 atom stereocenters. The highest BCUT2D eigenvalue weighted by atomic mass is 16.5. The molecule has 1 aromatic heterocycles. The standard InChI is InChI=1S/C18H31N3O3/c1-5-17(24-15-8-6-7-9-15)18(22)19-12-16-13(2)20-21(14(16)3)10-11-23-4/h15,17H,5-12H2,1-4H3,(H,19,22). The Balaban J connectivity index is 1.91. The Bertz CT molecular complexity index is 536. The first-order chi connectivity index (χ1) is 11.6. The lowest BCUT2D eigenvalue weighted by Crippen LogP contribution is -2.37. The number of aryl methyl sites for hydroxylation is 1. The summed E-state index contributed by atoms with van der Waals surface area (Å²) in [6.45, 7) is 7.85. The molecule has 6 heteroatoms. The predicted molar refractivity (Wildman–Crippen MR) is 92.8 cm³/mol. The molecule has 24 heavy (non-hydrogen) atoms. The van der Waals surface area contributed by atoms with Crippen molar-refractivity contribution in [3.8, 4) is 0 Å². The molecule has 0 radical (unpaired) electrons. The summed E-state index contributed by atoms with van der Waals surface area (Å²) in [5.74, 6) is -0.0205. The van der Waals surface area contributed by atoms with Crippen LogP contribution in [0.15, 0.2) is 0 Å². The molecule has 0 aromatic carbocycles. The normalized spacial score (nSPS) is 16.5. The zero-order chi connectivity index (χ0) is 17.5. The van der Waals surface area contributed by atoms with Crippen molar-refractivity contribution >= 4 is 5.91 Å². The molecule has 6 nitrogen and oxygen atoms in total. The SMILES string of the molecule is CCC(OC1CCCC1)C(=O)NCc1c(C)nn(CCOC)c1C. The average Bonchev–Trinajstić information content (AvgIpc) is 3.17. The van der Waals surface area contributed by atoms with Crippen LogP contribution in [0.5, 0.6) is 0 Å². The van der Waals surface area contributed by atoms with Gasteiger partial charge in [-0.1, -0.05) is 19.8 Å². The summed E-state index contributed by atoms with van der Waals surface area (Å²) >= 11 is 0. The molecule has 1 saturated carbocycles. The van der Waals surface area contributed by atoms with Crippen LogP contribution in [0.25, 0.3) is 0 Å². The number of nitrogens with zero attached hydrogens (tertiary/aromatic N) is 2. The predicted octanol–water partition coefficient (Wildman–Crippen LogP) is 2.50. The molecule has 136 valence electrons. The van der Waals surface area contributed by atoms with E-state index in [4.69, 9.17) is 9.47 Å². The second kappa shape index (κ2) is 9.18. The lowest BCUT2D eigenvalue weighted by molar-refractivity contribution is -0.136. The van der Waals surface area contributed by atoms with E-state index >= 15 is 0 Å². The van der Waals surface area contributed by atoms with Gasteiger partial charge in [0, 0.05) is 24.9 Å². The van der Waals surface area contributed by atoms with Gasteiger partial charge in [0.2, 0.25) is 5.91 Å². The summed E-state index contributed by atoms with van der Waals surface area (Å²) in [5.41, 5.74) is 3.11. The number of hydrogen-bond acceptors (Lipinski definition) is 4. The molecular formula is C18H31N3O3. The van der Waals surface area contributed by atoms with E-state index in [0.717, 1.165) is 36.3 Å². The van der Waals surface area contributed by atoms with E-state index in [2.05, 4.69) is 10.4 Å². The lowest BCUT2D eigenvalue weighted by atomic mass is 10.2. The molecule has 0 aliphatic heterocycles. The smallest absolute Gasteiger partial charge is 0.249 e. The third-order valence-electron chi connectivity index (χ3n) is 4.80. The van der Waals surface area contributed by atoms with E-state index in [9.17, 15) is 4.79 Å². The van der Waals surface area contributed by atoms with E-state index in [0.29, 0.717) is 19.6 Å². The minimum Gasteiger partial charge on any atom is -0.383 e. The number of hydrogen-bond donors (Lipinski definition) is 1. The van der Waals surface area contributed by atoms with Crippen molar-refractivity contribution in [1.29, 1.82) is 0 Å². The molecule has 0 spiro atoms. The fraction of sp³-hybridized carbons (Fsp3) is 0.778. The third kappa shape index (κ3) is 4.80. The minimum absolute atomic E-state index is 0.0205. The van der Waals surface area contributed by atoms with Gasteiger partial charge in [-0.05, 0) is 33.1 Å². The number of rotatable bonds is 9. The highest BCUT2D eigenvalue weighted by Gasteiger charge is 2.24. The van der Waals surface area contributed by atoms with Gasteiger partial charge in [-0.3, -0.25) is 9.48 Å². The van der Waals surface area contributed by atoms with Crippen LogP contribution in [0.4, 0.5) is 0 Å². The van der Waals surface area contributed by atoms with Gasteiger partial charge < -0.3 is 14.8 Å². The van der Waals surface area contributed by atoms with Crippen LogP contribution in [0, 0.1) is 13.8 Å². The lowest BCUT2D eigenvalue weighted by Gasteiger charge is -2.20. The van der Waals surface area contributed by atoms with Gasteiger partial charge in [0.1, 0.15) is 6.10 Å². The second-order valence-electron chi connectivity index (χ2n) is 6.52. The number of amides is 1. The van der Waals surface area contributed by atoms with Crippen molar-refractivity contribution in [2.24, 2.45) is 0 Å². The number of aromatic nitrogens is 2. The Morgan fingerprint density at radius 3 is 2.71 bits per heavy atom. The molecule has 1 fully saturated rings. The second-order valence-corrected chi connectivity index (χ2v) is 6.52. The maximum absolute atomic E-state index is 12.5. The maximum atomic E-state index is 12.5. The van der Waals surface area contributed by atoms with Crippen LogP contribution in [0.2, 0.25) is 0 Å². The largest absolute Gasteiger partial charge is 0.383 e. The van der Waals surface area contributed by atoms with Crippen molar-refractivity contribution in [2.45, 2.75) is 78.2 Å². The van der Waals surface area contributed by atoms with E-state index < -0.39 is 0 Å². The molecule has 0 saturated heterocycles. The Labute approximate surface area is 144 Å². The van der Waals surface area contributed by atoms with E-state index in [1.165, 1.54) is 12.8 Å². The summed E-state index contributed by atoms with van der Waals surface area (Å²) < 4.78 is 13.0. The first-order valence-corrected chi connectivity index (χ1v) is 9.01. The zero-order valence-electron chi connectivity index (χ0n) is 15.4. The zero-order valence-corrected chi connectivity index (χ0v) is 15.4. The van der Waals surface area contributed by atoms with Crippen LogP contribution >= 0.6 is 0 Å². The maximum Gasteiger partial charge on any atom is 0.249 e. The first kappa shape index (κ1) is 18.9. The van der Waals surface area contributed by atoms with Crippen molar-refractivity contribution in [3.63, 3.8) is 0 Å². The van der Waals surface area contributed by atoms with Crippen molar-refractivity contribution in [2.75, 3.05) is 13.7 Å². The molecule has 1 N–H and O–H groups in total. The fourth-order valence-electron chi connectivity index (χ4n) is 3.27. The first-order valence-electron chi connectivity index (χ1n) is 9.01. The van der Waals surface area contributed by atoms with Gasteiger partial charge >= 0.3 is 0 Å². The van der Waals surface area contributed by atoms with Crippen molar-refractivity contribution in [1.82, 2.24) is 15.1 Å². The summed E-state index contributed by atoms with van der Waals surface area (Å²) in [4.78, 5) is 12.5. The Morgan fingerprint density at radius 2 is 2.08 bits per heavy atom. The average molecular weight is 337 g/mol. The summed E-state index contributed by atoms with van der Waals surface area (Å²) in [6.07, 6.45) is 5.18. The molecule has 0 bridgehead atoms. The molecule has 1 aliphatic carbocycles. The molecule has 2 rings (SSSR count). The summed E-state index contributed by atoms with van der Waals surface area (Å²) in [6, 6.07) is 0. The summed E-state index contributed by atoms with van der Waals surface area (Å²) in [5, 5.41) is 7.55. The van der Waals surface area contributed by atoms with Crippen LogP contribution in [-0.2, 0) is 27.4 Å². The Morgan fingerprint density at radius 1 is 1.38 bits per heavy atom. The number of carbonyl (C=O) groups excluding carboxylic acids is 1. The molecule has 1 heterocycles. The van der Waals surface area contributed by atoms with Crippen LogP contribution < -0.4 is 5.32 Å². The Kier molecular flexibility index (Phi) is 7.24. The molecule has 1 aromatic rings. The van der Waals surface area contributed by atoms with E-state index in [1.54, 1.807) is 7.11 Å². The van der Waals surface area contributed by atoms with Crippen LogP contribution in [0.3, 0.4) is 0 Å². The summed E-state index contributed by atoms with van der Waals surface area (Å²) in [7, 11) is 1.68. The number of nitrogens with one attached hydrogen (secondary N) is 1. The monoisotopic (exact) mass is 337 g/mol. The van der Waals surface area contributed by atoms with Gasteiger partial charge in [-0.25, -0.2) is 0 Å². The molecule has 1 amide bonds. The number of carbonyl (C=O) groups is 1. The highest BCUT2D eigenvalue weighted by molar-refractivity contribution is 5.80.